The minimum absolute atomic E-state index is 0.609. The average molecular weight is 371 g/mol. The van der Waals surface area contributed by atoms with E-state index in [9.17, 15) is 0 Å². The Kier molecular flexibility index (Phi) is 3.08. The van der Waals surface area contributed by atoms with Gasteiger partial charge in [0, 0.05) is 16.3 Å². The first-order valence-corrected chi connectivity index (χ1v) is 10.0. The standard InChI is InChI=1S/C21H17N5S/c22-21-25-17-9-11(5-8-18(17)27-21)20-13-4-2-1-3-12(13)19-14-10-23-26-15(14)6-7-16(19)24-20/h5-10H,1-4H2,(H2,22,25)(H,23,26). The zero-order chi connectivity index (χ0) is 18.0. The molecule has 0 aliphatic heterocycles. The van der Waals surface area contributed by atoms with Gasteiger partial charge in [0.15, 0.2) is 5.13 Å². The highest BCUT2D eigenvalue weighted by atomic mass is 32.1. The van der Waals surface area contributed by atoms with Crippen molar-refractivity contribution in [2.45, 2.75) is 25.7 Å². The first kappa shape index (κ1) is 15.1. The van der Waals surface area contributed by atoms with Crippen molar-refractivity contribution in [2.75, 3.05) is 5.73 Å². The van der Waals surface area contributed by atoms with E-state index < -0.39 is 0 Å². The number of hydrogen-bond donors (Lipinski definition) is 2. The Balaban J connectivity index is 1.69. The molecule has 0 fully saturated rings. The van der Waals surface area contributed by atoms with E-state index in [0.717, 1.165) is 45.3 Å². The van der Waals surface area contributed by atoms with Crippen LogP contribution in [0.4, 0.5) is 5.13 Å². The monoisotopic (exact) mass is 371 g/mol. The number of anilines is 1. The Morgan fingerprint density at radius 3 is 2.78 bits per heavy atom. The molecule has 27 heavy (non-hydrogen) atoms. The number of nitrogens with one attached hydrogen (secondary N) is 1. The first-order chi connectivity index (χ1) is 13.3. The van der Waals surface area contributed by atoms with Crippen molar-refractivity contribution in [1.82, 2.24) is 20.2 Å². The molecule has 0 saturated heterocycles. The number of nitrogens with zero attached hydrogens (tertiary/aromatic N) is 3. The molecule has 3 heterocycles. The largest absolute Gasteiger partial charge is 0.375 e. The third-order valence-corrected chi connectivity index (χ3v) is 6.43. The number of aromatic nitrogens is 4. The summed E-state index contributed by atoms with van der Waals surface area (Å²) in [5.41, 5.74) is 14.0. The van der Waals surface area contributed by atoms with E-state index in [0.29, 0.717) is 5.13 Å². The molecule has 2 aromatic carbocycles. The summed E-state index contributed by atoms with van der Waals surface area (Å²) in [6.07, 6.45) is 6.52. The lowest BCUT2D eigenvalue weighted by atomic mass is 9.85. The molecule has 3 aromatic heterocycles. The number of rotatable bonds is 1. The maximum absolute atomic E-state index is 5.89. The van der Waals surface area contributed by atoms with E-state index in [-0.39, 0.29) is 0 Å². The van der Waals surface area contributed by atoms with Crippen molar-refractivity contribution in [3.63, 3.8) is 0 Å². The number of fused-ring (bicyclic) bond motifs is 6. The number of aryl methyl sites for hydroxylation is 1. The van der Waals surface area contributed by atoms with Gasteiger partial charge in [-0.1, -0.05) is 17.4 Å². The Morgan fingerprint density at radius 1 is 0.963 bits per heavy atom. The normalized spacial score (nSPS) is 14.2. The zero-order valence-electron chi connectivity index (χ0n) is 14.6. The molecule has 6 heteroatoms. The summed E-state index contributed by atoms with van der Waals surface area (Å²) in [5.74, 6) is 0. The van der Waals surface area contributed by atoms with Gasteiger partial charge in [-0.25, -0.2) is 9.97 Å². The SMILES string of the molecule is Nc1nc2cc(-c3nc4ccc5[nH]ncc5c4c4c3CCCC4)ccc2s1. The predicted molar refractivity (Wildman–Crippen MR) is 111 cm³/mol. The number of hydrogen-bond acceptors (Lipinski definition) is 5. The van der Waals surface area contributed by atoms with Crippen LogP contribution in [0, 0.1) is 0 Å². The second kappa shape index (κ2) is 5.50. The van der Waals surface area contributed by atoms with E-state index in [1.165, 1.54) is 46.1 Å². The summed E-state index contributed by atoms with van der Waals surface area (Å²) in [6, 6.07) is 10.6. The van der Waals surface area contributed by atoms with E-state index in [4.69, 9.17) is 10.7 Å². The van der Waals surface area contributed by atoms with Gasteiger partial charge in [0.1, 0.15) is 0 Å². The minimum Gasteiger partial charge on any atom is -0.375 e. The van der Waals surface area contributed by atoms with Gasteiger partial charge in [-0.15, -0.1) is 0 Å². The lowest BCUT2D eigenvalue weighted by molar-refractivity contribution is 0.689. The van der Waals surface area contributed by atoms with Gasteiger partial charge in [0.25, 0.3) is 0 Å². The number of H-pyrrole nitrogens is 1. The third-order valence-electron chi connectivity index (χ3n) is 5.57. The van der Waals surface area contributed by atoms with Crippen LogP contribution in [0.15, 0.2) is 36.5 Å². The highest BCUT2D eigenvalue weighted by molar-refractivity contribution is 7.22. The highest BCUT2D eigenvalue weighted by Crippen LogP contribution is 2.38. The average Bonchev–Trinajstić information content (AvgIpc) is 3.31. The van der Waals surface area contributed by atoms with Crippen molar-refractivity contribution < 1.29 is 0 Å². The molecule has 1 aliphatic rings. The smallest absolute Gasteiger partial charge is 0.181 e. The molecule has 0 spiro atoms. The quantitative estimate of drug-likeness (QED) is 0.441. The molecule has 0 bridgehead atoms. The maximum Gasteiger partial charge on any atom is 0.181 e. The molecule has 0 amide bonds. The third kappa shape index (κ3) is 2.20. The molecular formula is C21H17N5S. The molecule has 3 N–H and O–H groups in total. The molecule has 5 nitrogen and oxygen atoms in total. The number of benzene rings is 2. The Morgan fingerprint density at radius 2 is 1.85 bits per heavy atom. The van der Waals surface area contributed by atoms with Gasteiger partial charge in [-0.3, -0.25) is 5.10 Å². The van der Waals surface area contributed by atoms with Gasteiger partial charge < -0.3 is 5.73 Å². The van der Waals surface area contributed by atoms with Gasteiger partial charge in [-0.05, 0) is 61.1 Å². The fourth-order valence-electron chi connectivity index (χ4n) is 4.38. The first-order valence-electron chi connectivity index (χ1n) is 9.22. The minimum atomic E-state index is 0.609. The van der Waals surface area contributed by atoms with Crippen LogP contribution in [0.1, 0.15) is 24.0 Å². The van der Waals surface area contributed by atoms with Gasteiger partial charge >= 0.3 is 0 Å². The lowest BCUT2D eigenvalue weighted by Crippen LogP contribution is -2.07. The molecule has 0 saturated carbocycles. The number of nitrogen functional groups attached to an aromatic ring is 1. The van der Waals surface area contributed by atoms with Crippen molar-refractivity contribution >= 4 is 48.5 Å². The van der Waals surface area contributed by atoms with Crippen molar-refractivity contribution in [2.24, 2.45) is 0 Å². The molecule has 1 aliphatic carbocycles. The van der Waals surface area contributed by atoms with Crippen LogP contribution in [-0.4, -0.2) is 20.2 Å². The van der Waals surface area contributed by atoms with Gasteiger partial charge in [-0.2, -0.15) is 5.10 Å². The molecule has 0 atom stereocenters. The van der Waals surface area contributed by atoms with Gasteiger partial charge in [0.2, 0.25) is 0 Å². The van der Waals surface area contributed by atoms with E-state index >= 15 is 0 Å². The van der Waals surface area contributed by atoms with E-state index in [1.54, 1.807) is 0 Å². The van der Waals surface area contributed by atoms with Crippen molar-refractivity contribution in [1.29, 1.82) is 0 Å². The van der Waals surface area contributed by atoms with Crippen molar-refractivity contribution in [3.05, 3.63) is 47.7 Å². The number of thiazole rings is 1. The maximum atomic E-state index is 5.89. The van der Waals surface area contributed by atoms with Crippen LogP contribution in [0.2, 0.25) is 0 Å². The Bertz CT molecular complexity index is 1350. The molecule has 6 rings (SSSR count). The summed E-state index contributed by atoms with van der Waals surface area (Å²) < 4.78 is 1.12. The summed E-state index contributed by atoms with van der Waals surface area (Å²) >= 11 is 1.53. The summed E-state index contributed by atoms with van der Waals surface area (Å²) in [6.45, 7) is 0. The summed E-state index contributed by atoms with van der Waals surface area (Å²) in [5, 5.41) is 10.4. The number of pyridine rings is 1. The topological polar surface area (TPSA) is 80.5 Å². The molecule has 0 unspecified atom stereocenters. The molecule has 5 aromatic rings. The molecule has 132 valence electrons. The van der Waals surface area contributed by atoms with E-state index in [1.807, 2.05) is 6.20 Å². The van der Waals surface area contributed by atoms with Crippen LogP contribution in [0.5, 0.6) is 0 Å². The summed E-state index contributed by atoms with van der Waals surface area (Å²) in [4.78, 5) is 9.57. The fourth-order valence-corrected chi connectivity index (χ4v) is 5.09. The van der Waals surface area contributed by atoms with Crippen LogP contribution >= 0.6 is 11.3 Å². The lowest BCUT2D eigenvalue weighted by Gasteiger charge is -2.21. The highest BCUT2D eigenvalue weighted by Gasteiger charge is 2.21. The van der Waals surface area contributed by atoms with E-state index in [2.05, 4.69) is 45.5 Å². The predicted octanol–water partition coefficient (Wildman–Crippen LogP) is 4.85. The molecular weight excluding hydrogens is 354 g/mol. The summed E-state index contributed by atoms with van der Waals surface area (Å²) in [7, 11) is 0. The number of aromatic amines is 1. The van der Waals surface area contributed by atoms with Gasteiger partial charge in [0.05, 0.1) is 33.1 Å². The fraction of sp³-hybridized carbons (Fsp3) is 0.190. The van der Waals surface area contributed by atoms with Crippen LogP contribution in [0.3, 0.4) is 0 Å². The number of nitrogens with two attached hydrogens (primary N) is 1. The van der Waals surface area contributed by atoms with Crippen LogP contribution in [-0.2, 0) is 12.8 Å². The second-order valence-electron chi connectivity index (χ2n) is 7.15. The molecule has 0 radical (unpaired) electrons. The van der Waals surface area contributed by atoms with Crippen molar-refractivity contribution in [3.8, 4) is 11.3 Å². The van der Waals surface area contributed by atoms with Crippen LogP contribution in [0.25, 0.3) is 43.3 Å². The Hall–Kier alpha value is -2.99. The Labute approximate surface area is 159 Å². The van der Waals surface area contributed by atoms with Crippen LogP contribution < -0.4 is 5.73 Å². The second-order valence-corrected chi connectivity index (χ2v) is 8.21. The zero-order valence-corrected chi connectivity index (χ0v) is 15.4.